The third kappa shape index (κ3) is 3.46. The second-order valence-electron chi connectivity index (χ2n) is 6.35. The van der Waals surface area contributed by atoms with Gasteiger partial charge in [0.05, 0.1) is 11.7 Å². The fraction of sp³-hybridized carbons (Fsp3) is 0.136. The lowest BCUT2D eigenvalue weighted by atomic mass is 10.2. The van der Waals surface area contributed by atoms with E-state index in [4.69, 9.17) is 0 Å². The van der Waals surface area contributed by atoms with Crippen LogP contribution in [0, 0.1) is 0 Å². The van der Waals surface area contributed by atoms with Crippen molar-refractivity contribution in [1.29, 1.82) is 0 Å². The highest BCUT2D eigenvalue weighted by atomic mass is 32.1. The summed E-state index contributed by atoms with van der Waals surface area (Å²) in [6, 6.07) is 21.2. The van der Waals surface area contributed by atoms with E-state index in [-0.39, 0.29) is 18.0 Å². The maximum atomic E-state index is 12.9. The molecule has 6 heteroatoms. The molecule has 0 atom stereocenters. The van der Waals surface area contributed by atoms with Gasteiger partial charge in [-0.25, -0.2) is 4.98 Å². The van der Waals surface area contributed by atoms with E-state index in [1.807, 2.05) is 73.7 Å². The van der Waals surface area contributed by atoms with Gasteiger partial charge < -0.3 is 4.90 Å². The first-order valence-corrected chi connectivity index (χ1v) is 9.89. The lowest BCUT2D eigenvalue weighted by Crippen LogP contribution is -2.36. The van der Waals surface area contributed by atoms with Crippen LogP contribution in [0.1, 0.15) is 6.92 Å². The molecule has 0 spiro atoms. The van der Waals surface area contributed by atoms with E-state index in [1.165, 1.54) is 22.2 Å². The van der Waals surface area contributed by atoms with Crippen molar-refractivity contribution in [2.75, 3.05) is 11.4 Å². The van der Waals surface area contributed by atoms with Crippen LogP contribution in [0.2, 0.25) is 0 Å². The molecule has 0 saturated carbocycles. The van der Waals surface area contributed by atoms with Gasteiger partial charge in [-0.15, -0.1) is 11.3 Å². The predicted molar refractivity (Wildman–Crippen MR) is 114 cm³/mol. The van der Waals surface area contributed by atoms with Gasteiger partial charge >= 0.3 is 0 Å². The van der Waals surface area contributed by atoms with Gasteiger partial charge in [-0.1, -0.05) is 48.5 Å². The number of hydrogen-bond acceptors (Lipinski definition) is 4. The van der Waals surface area contributed by atoms with Crippen molar-refractivity contribution in [2.24, 2.45) is 0 Å². The fourth-order valence-corrected chi connectivity index (χ4v) is 4.15. The number of carbonyl (C=O) groups excluding carboxylic acids is 1. The summed E-state index contributed by atoms with van der Waals surface area (Å²) in [7, 11) is 0. The van der Waals surface area contributed by atoms with Crippen molar-refractivity contribution in [1.82, 2.24) is 9.55 Å². The standard InChI is InChI=1S/C22H19N3O2S/c1-2-25(17-11-7-4-8-12-17)20(26)14-24-15-23-21-18(22(24)27)13-19(28-21)16-9-5-3-6-10-16/h3-13,15H,2,14H2,1H3. The largest absolute Gasteiger partial charge is 0.311 e. The SMILES string of the molecule is CCN(C(=O)Cn1cnc2sc(-c3ccccc3)cc2c1=O)c1ccccc1. The summed E-state index contributed by atoms with van der Waals surface area (Å²) in [6.45, 7) is 2.41. The zero-order valence-corrected chi connectivity index (χ0v) is 16.2. The molecule has 0 bridgehead atoms. The Balaban J connectivity index is 1.65. The molecular weight excluding hydrogens is 370 g/mol. The third-order valence-corrected chi connectivity index (χ3v) is 5.66. The summed E-state index contributed by atoms with van der Waals surface area (Å²) in [6.07, 6.45) is 1.46. The Morgan fingerprint density at radius 3 is 2.43 bits per heavy atom. The minimum atomic E-state index is -0.194. The van der Waals surface area contributed by atoms with E-state index in [0.29, 0.717) is 16.8 Å². The van der Waals surface area contributed by atoms with Gasteiger partial charge in [0.15, 0.2) is 0 Å². The normalized spacial score (nSPS) is 10.9. The Labute approximate surface area is 166 Å². The first-order valence-electron chi connectivity index (χ1n) is 9.07. The average molecular weight is 389 g/mol. The Kier molecular flexibility index (Phi) is 5.04. The number of likely N-dealkylation sites (N-methyl/N-ethyl adjacent to an activating group) is 1. The van der Waals surface area contributed by atoms with E-state index in [0.717, 1.165) is 16.1 Å². The number of rotatable bonds is 5. The molecule has 0 radical (unpaired) electrons. The van der Waals surface area contributed by atoms with Crippen LogP contribution >= 0.6 is 11.3 Å². The molecule has 5 nitrogen and oxygen atoms in total. The summed E-state index contributed by atoms with van der Waals surface area (Å²) < 4.78 is 1.39. The van der Waals surface area contributed by atoms with E-state index in [2.05, 4.69) is 4.98 Å². The molecule has 28 heavy (non-hydrogen) atoms. The summed E-state index contributed by atoms with van der Waals surface area (Å²) in [5.74, 6) is -0.143. The van der Waals surface area contributed by atoms with Crippen LogP contribution in [-0.2, 0) is 11.3 Å². The number of hydrogen-bond donors (Lipinski definition) is 0. The van der Waals surface area contributed by atoms with Crippen LogP contribution in [0.3, 0.4) is 0 Å². The molecule has 1 amide bonds. The first kappa shape index (κ1) is 18.1. The van der Waals surface area contributed by atoms with Crippen molar-refractivity contribution in [2.45, 2.75) is 13.5 Å². The highest BCUT2D eigenvalue weighted by Crippen LogP contribution is 2.30. The Morgan fingerprint density at radius 2 is 1.75 bits per heavy atom. The summed E-state index contributed by atoms with van der Waals surface area (Å²) in [4.78, 5) is 33.5. The molecule has 0 unspecified atom stereocenters. The zero-order valence-electron chi connectivity index (χ0n) is 15.4. The minimum absolute atomic E-state index is 0.0407. The monoisotopic (exact) mass is 389 g/mol. The second kappa shape index (κ2) is 7.78. The maximum Gasteiger partial charge on any atom is 0.262 e. The number of fused-ring (bicyclic) bond motifs is 1. The van der Waals surface area contributed by atoms with Gasteiger partial charge in [0.1, 0.15) is 11.4 Å². The number of carbonyl (C=O) groups is 1. The molecular formula is C22H19N3O2S. The molecule has 0 aliphatic rings. The number of para-hydroxylation sites is 1. The smallest absolute Gasteiger partial charge is 0.262 e. The van der Waals surface area contributed by atoms with Gasteiger partial charge in [0, 0.05) is 17.1 Å². The van der Waals surface area contributed by atoms with E-state index in [1.54, 1.807) is 4.90 Å². The van der Waals surface area contributed by atoms with Gasteiger partial charge in [0.2, 0.25) is 5.91 Å². The molecule has 4 rings (SSSR count). The second-order valence-corrected chi connectivity index (χ2v) is 7.38. The van der Waals surface area contributed by atoms with E-state index in [9.17, 15) is 9.59 Å². The Bertz CT molecular complexity index is 1170. The molecule has 0 saturated heterocycles. The molecule has 140 valence electrons. The number of nitrogens with zero attached hydrogens (tertiary/aromatic N) is 3. The van der Waals surface area contributed by atoms with Crippen LogP contribution in [0.25, 0.3) is 20.7 Å². The Morgan fingerprint density at radius 1 is 1.07 bits per heavy atom. The van der Waals surface area contributed by atoms with Gasteiger partial charge in [-0.2, -0.15) is 0 Å². The number of amides is 1. The van der Waals surface area contributed by atoms with Crippen LogP contribution in [0.15, 0.2) is 77.9 Å². The molecule has 0 N–H and O–H groups in total. The molecule has 0 fully saturated rings. The van der Waals surface area contributed by atoms with Crippen molar-refractivity contribution in [3.8, 4) is 10.4 Å². The molecule has 2 heterocycles. The Hall–Kier alpha value is -3.25. The summed E-state index contributed by atoms with van der Waals surface area (Å²) in [5.41, 5.74) is 1.67. The number of thiophene rings is 1. The highest BCUT2D eigenvalue weighted by molar-refractivity contribution is 7.21. The quantitative estimate of drug-likeness (QED) is 0.515. The predicted octanol–water partition coefficient (Wildman–Crippen LogP) is 4.18. The zero-order chi connectivity index (χ0) is 19.5. The average Bonchev–Trinajstić information content (AvgIpc) is 3.17. The van der Waals surface area contributed by atoms with Crippen LogP contribution in [0.4, 0.5) is 5.69 Å². The summed E-state index contributed by atoms with van der Waals surface area (Å²) >= 11 is 1.48. The number of anilines is 1. The maximum absolute atomic E-state index is 12.9. The summed E-state index contributed by atoms with van der Waals surface area (Å²) in [5, 5.41) is 0.543. The highest BCUT2D eigenvalue weighted by Gasteiger charge is 2.17. The van der Waals surface area contributed by atoms with Crippen molar-refractivity contribution in [3.63, 3.8) is 0 Å². The number of aromatic nitrogens is 2. The molecule has 0 aliphatic carbocycles. The fourth-order valence-electron chi connectivity index (χ4n) is 3.16. The van der Waals surface area contributed by atoms with Crippen LogP contribution in [0.5, 0.6) is 0 Å². The molecule has 4 aromatic rings. The van der Waals surface area contributed by atoms with Crippen molar-refractivity contribution in [3.05, 3.63) is 83.4 Å². The topological polar surface area (TPSA) is 55.2 Å². The lowest BCUT2D eigenvalue weighted by Gasteiger charge is -2.21. The van der Waals surface area contributed by atoms with Crippen LogP contribution < -0.4 is 10.5 Å². The lowest BCUT2D eigenvalue weighted by molar-refractivity contribution is -0.119. The van der Waals surface area contributed by atoms with Gasteiger partial charge in [-0.3, -0.25) is 14.2 Å². The minimum Gasteiger partial charge on any atom is -0.311 e. The molecule has 2 aromatic carbocycles. The van der Waals surface area contributed by atoms with Gasteiger partial charge in [-0.05, 0) is 30.7 Å². The third-order valence-electron chi connectivity index (χ3n) is 4.57. The number of benzene rings is 2. The van der Waals surface area contributed by atoms with Crippen molar-refractivity contribution >= 4 is 33.1 Å². The molecule has 2 aromatic heterocycles. The van der Waals surface area contributed by atoms with E-state index < -0.39 is 0 Å². The van der Waals surface area contributed by atoms with Crippen molar-refractivity contribution < 1.29 is 4.79 Å². The first-order chi connectivity index (χ1) is 13.7. The van der Waals surface area contributed by atoms with Gasteiger partial charge in [0.25, 0.3) is 5.56 Å². The molecule has 0 aliphatic heterocycles. The van der Waals surface area contributed by atoms with Crippen LogP contribution in [-0.4, -0.2) is 22.0 Å². The van der Waals surface area contributed by atoms with E-state index >= 15 is 0 Å².